The molecule has 14 bridgehead atoms. The van der Waals surface area contributed by atoms with E-state index in [1.54, 1.807) is 12.1 Å². The van der Waals surface area contributed by atoms with E-state index in [0.717, 1.165) is 51.2 Å². The monoisotopic (exact) mass is 663 g/mol. The highest BCUT2D eigenvalue weighted by atomic mass is 32.1. The predicted molar refractivity (Wildman–Crippen MR) is 184 cm³/mol. The van der Waals surface area contributed by atoms with Gasteiger partial charge in [-0.25, -0.2) is 34.7 Å². The number of aromatic nitrogens is 6. The van der Waals surface area contributed by atoms with Crippen LogP contribution < -0.4 is 0 Å². The summed E-state index contributed by atoms with van der Waals surface area (Å²) in [5, 5.41) is 0. The summed E-state index contributed by atoms with van der Waals surface area (Å²) in [5.41, 5.74) is 9.60. The van der Waals surface area contributed by atoms with E-state index in [9.17, 15) is 4.79 Å². The molecular weight excluding hydrogens is 635 g/mol. The Labute approximate surface area is 287 Å². The van der Waals surface area contributed by atoms with Crippen molar-refractivity contribution in [1.82, 2.24) is 39.7 Å². The molecule has 6 aromatic heterocycles. The Bertz CT molecular complexity index is 2120. The second-order valence-electron chi connectivity index (χ2n) is 12.0. The van der Waals surface area contributed by atoms with Gasteiger partial charge in [0.1, 0.15) is 0 Å². The van der Waals surface area contributed by atoms with E-state index in [0.29, 0.717) is 56.4 Å². The first-order chi connectivity index (χ1) is 24.0. The van der Waals surface area contributed by atoms with Crippen molar-refractivity contribution in [2.75, 3.05) is 0 Å². The first kappa shape index (κ1) is 30.6. The number of carbonyl (C=O) groups is 1. The molecule has 11 nitrogen and oxygen atoms in total. The average molecular weight is 664 g/mol. The van der Waals surface area contributed by atoms with Gasteiger partial charge in [0.25, 0.3) is 0 Å². The summed E-state index contributed by atoms with van der Waals surface area (Å²) >= 11 is 4.59. The lowest BCUT2D eigenvalue weighted by Crippen LogP contribution is -2.25. The summed E-state index contributed by atoms with van der Waals surface area (Å²) in [5.74, 6) is -0.663. The Morgan fingerprint density at radius 3 is 1.18 bits per heavy atom. The van der Waals surface area contributed by atoms with Gasteiger partial charge in [-0.3, -0.25) is 9.80 Å². The van der Waals surface area contributed by atoms with Gasteiger partial charge in [0, 0.05) is 39.3 Å². The molecule has 3 aliphatic rings. The Balaban J connectivity index is 1.35. The zero-order valence-corrected chi connectivity index (χ0v) is 27.1. The Hall–Kier alpha value is -5.69. The van der Waals surface area contributed by atoms with Gasteiger partial charge in [-0.15, -0.1) is 0 Å². The van der Waals surface area contributed by atoms with Crippen LogP contribution in [0.4, 0.5) is 0 Å². The minimum Gasteiger partial charge on any atom is -0.301 e. The van der Waals surface area contributed by atoms with Crippen LogP contribution in [0.15, 0.2) is 108 Å². The van der Waals surface area contributed by atoms with Gasteiger partial charge in [-0.05, 0) is 77.3 Å². The van der Waals surface area contributed by atoms with Crippen molar-refractivity contribution >= 4 is 18.4 Å². The molecule has 12 heteroatoms. The maximum absolute atomic E-state index is 13.0. The molecule has 240 valence electrons. The van der Waals surface area contributed by atoms with Gasteiger partial charge >= 0.3 is 5.97 Å². The second-order valence-corrected chi connectivity index (χ2v) is 12.2. The van der Waals surface area contributed by atoms with E-state index in [-0.39, 0.29) is 5.56 Å². The highest BCUT2D eigenvalue weighted by Crippen LogP contribution is 2.25. The van der Waals surface area contributed by atoms with Crippen molar-refractivity contribution < 1.29 is 9.63 Å². The molecular formula is C37H29N9O2S. The van der Waals surface area contributed by atoms with E-state index in [2.05, 4.69) is 26.8 Å². The molecule has 0 unspecified atom stereocenters. The molecule has 9 heterocycles. The van der Waals surface area contributed by atoms with Crippen LogP contribution in [-0.4, -0.2) is 45.7 Å². The molecule has 0 spiro atoms. The standard InChI is InChI=1S/C37H29N9O2S/c47-37(48-44-49)24-16-30-23-46-21-27-8-3-13-33(40-27)31-11-1-6-25(38-31)18-45(20-29-10-5-15-35(42-29)36(17-24)43-30)19-26-7-2-12-32(39-26)34-14-4-9-28(22-46)41-34/h1-17H,18-23H2. The maximum atomic E-state index is 13.0. The fourth-order valence-corrected chi connectivity index (χ4v) is 6.33. The maximum Gasteiger partial charge on any atom is 0.367 e. The zero-order chi connectivity index (χ0) is 33.2. The lowest BCUT2D eigenvalue weighted by atomic mass is 10.1. The molecule has 0 aliphatic carbocycles. The Morgan fingerprint density at radius 1 is 0.490 bits per heavy atom. The van der Waals surface area contributed by atoms with Gasteiger partial charge < -0.3 is 4.84 Å². The predicted octanol–water partition coefficient (Wildman–Crippen LogP) is 5.89. The fourth-order valence-electron chi connectivity index (χ4n) is 6.27. The molecule has 6 aromatic rings. The Kier molecular flexibility index (Phi) is 8.40. The summed E-state index contributed by atoms with van der Waals surface area (Å²) in [4.78, 5) is 52.6. The molecule has 0 radical (unpaired) electrons. The van der Waals surface area contributed by atoms with E-state index in [4.69, 9.17) is 34.7 Å². The van der Waals surface area contributed by atoms with E-state index in [1.165, 1.54) is 0 Å². The third kappa shape index (κ3) is 6.97. The first-order valence-electron chi connectivity index (χ1n) is 15.9. The summed E-state index contributed by atoms with van der Waals surface area (Å²) in [6, 6.07) is 33.3. The molecule has 0 saturated heterocycles. The van der Waals surface area contributed by atoms with E-state index >= 15 is 0 Å². The van der Waals surface area contributed by atoms with Crippen molar-refractivity contribution in [3.63, 3.8) is 0 Å². The van der Waals surface area contributed by atoms with Crippen molar-refractivity contribution in [3.05, 3.63) is 143 Å². The van der Waals surface area contributed by atoms with Crippen LogP contribution in [-0.2, 0) is 56.5 Å². The van der Waals surface area contributed by atoms with Crippen molar-refractivity contribution in [2.24, 2.45) is 4.53 Å². The minimum atomic E-state index is -0.663. The lowest BCUT2D eigenvalue weighted by molar-refractivity contribution is 0.0528. The average Bonchev–Trinajstić information content (AvgIpc) is 3.11. The van der Waals surface area contributed by atoms with Crippen LogP contribution in [0, 0.1) is 0 Å². The number of hydrogen-bond acceptors (Lipinski definition) is 12. The van der Waals surface area contributed by atoms with E-state index in [1.807, 2.05) is 91.0 Å². The van der Waals surface area contributed by atoms with Crippen LogP contribution in [0.3, 0.4) is 0 Å². The molecule has 3 aliphatic heterocycles. The first-order valence-corrected chi connectivity index (χ1v) is 16.2. The van der Waals surface area contributed by atoms with Crippen LogP contribution in [0.25, 0.3) is 34.2 Å². The van der Waals surface area contributed by atoms with Gasteiger partial charge in [-0.2, -0.15) is 0 Å². The molecule has 0 aromatic carbocycles. The highest BCUT2D eigenvalue weighted by Gasteiger charge is 2.20. The third-order valence-corrected chi connectivity index (χ3v) is 8.44. The van der Waals surface area contributed by atoms with E-state index < -0.39 is 5.97 Å². The molecule has 0 N–H and O–H groups in total. The largest absolute Gasteiger partial charge is 0.367 e. The lowest BCUT2D eigenvalue weighted by Gasteiger charge is -2.24. The summed E-state index contributed by atoms with van der Waals surface area (Å²) in [6.07, 6.45) is 0. The van der Waals surface area contributed by atoms with Crippen molar-refractivity contribution in [1.29, 1.82) is 0 Å². The molecule has 0 atom stereocenters. The number of carbonyl (C=O) groups excluding carboxylic acids is 1. The van der Waals surface area contributed by atoms with Gasteiger partial charge in [0.05, 0.1) is 86.3 Å². The zero-order valence-electron chi connectivity index (χ0n) is 26.3. The van der Waals surface area contributed by atoms with Crippen molar-refractivity contribution in [3.8, 4) is 34.2 Å². The molecule has 9 rings (SSSR count). The highest BCUT2D eigenvalue weighted by molar-refractivity contribution is 7.47. The van der Waals surface area contributed by atoms with Crippen LogP contribution in [0.1, 0.15) is 44.5 Å². The van der Waals surface area contributed by atoms with Crippen LogP contribution >= 0.6 is 0 Å². The van der Waals surface area contributed by atoms with Gasteiger partial charge in [-0.1, -0.05) is 30.3 Å². The molecule has 0 saturated carbocycles. The normalized spacial score (nSPS) is 16.7. The number of pyridine rings is 6. The topological polar surface area (TPSA) is 122 Å². The number of hydrogen-bond donors (Lipinski definition) is 0. The second kappa shape index (κ2) is 13.4. The summed E-state index contributed by atoms with van der Waals surface area (Å²) < 4.78 is 3.20. The summed E-state index contributed by atoms with van der Waals surface area (Å²) in [6.45, 7) is 2.91. The smallest absolute Gasteiger partial charge is 0.301 e. The molecule has 0 amide bonds. The molecule has 49 heavy (non-hydrogen) atoms. The number of rotatable bonds is 2. The SMILES string of the molecule is O=C(ON=S)c1cc2nc(c1)-c1cccc(n1)CN1Cc3cccc(n3)-c3cccc(n3)CN(Cc3cccc(n3)-c3cccc(n3)C1)C2. The van der Waals surface area contributed by atoms with Gasteiger partial charge in [0.15, 0.2) is 0 Å². The van der Waals surface area contributed by atoms with Crippen LogP contribution in [0.5, 0.6) is 0 Å². The summed E-state index contributed by atoms with van der Waals surface area (Å²) in [7, 11) is 0. The Morgan fingerprint density at radius 2 is 0.816 bits per heavy atom. The quantitative estimate of drug-likeness (QED) is 0.206. The molecule has 0 fully saturated rings. The fraction of sp³-hybridized carbons (Fsp3) is 0.162. The van der Waals surface area contributed by atoms with Crippen molar-refractivity contribution in [2.45, 2.75) is 39.3 Å². The number of nitrogens with zero attached hydrogens (tertiary/aromatic N) is 9. The minimum absolute atomic E-state index is 0.278. The van der Waals surface area contributed by atoms with Crippen LogP contribution in [0.2, 0.25) is 0 Å². The third-order valence-electron chi connectivity index (χ3n) is 8.37. The van der Waals surface area contributed by atoms with Gasteiger partial charge in [0.2, 0.25) is 0 Å².